The van der Waals surface area contributed by atoms with Crippen LogP contribution in [0.4, 0.5) is 0 Å². The average Bonchev–Trinajstić information content (AvgIpc) is 2.65. The van der Waals surface area contributed by atoms with Crippen LogP contribution in [0.5, 0.6) is 0 Å². The first-order valence-electron chi connectivity index (χ1n) is 9.68. The minimum atomic E-state index is -0.101. The van der Waals surface area contributed by atoms with E-state index in [0.717, 1.165) is 38.5 Å². The van der Waals surface area contributed by atoms with Crippen molar-refractivity contribution in [2.24, 2.45) is 0 Å². The molecule has 2 amide bonds. The van der Waals surface area contributed by atoms with Crippen LogP contribution in [-0.2, 0) is 19.3 Å². The lowest BCUT2D eigenvalue weighted by molar-refractivity contribution is -0.188. The highest BCUT2D eigenvalue weighted by Crippen LogP contribution is 2.11. The Balaban J connectivity index is 3.66. The number of aliphatic hydroxyl groups excluding tert-OH is 2. The second kappa shape index (κ2) is 17.2. The Hall–Kier alpha value is -1.22. The molecule has 2 N–H and O–H groups in total. The Bertz CT molecular complexity index is 334. The number of hydrogen-bond donors (Lipinski definition) is 2. The summed E-state index contributed by atoms with van der Waals surface area (Å²) in [5.41, 5.74) is 0. The summed E-state index contributed by atoms with van der Waals surface area (Å²) in [5, 5.41) is 20.1. The van der Waals surface area contributed by atoms with Gasteiger partial charge in [0.1, 0.15) is 0 Å². The molecule has 0 fully saturated rings. The number of hydroxylamine groups is 4. The minimum Gasteiger partial charge on any atom is -0.394 e. The van der Waals surface area contributed by atoms with Gasteiger partial charge in [-0.1, -0.05) is 25.7 Å². The van der Waals surface area contributed by atoms with Crippen LogP contribution in [0.25, 0.3) is 0 Å². The van der Waals surface area contributed by atoms with Gasteiger partial charge in [0.15, 0.2) is 0 Å². The predicted octanol–water partition coefficient (Wildman–Crippen LogP) is 1.65. The van der Waals surface area contributed by atoms with E-state index in [4.69, 9.17) is 19.9 Å². The zero-order chi connectivity index (χ0) is 19.6. The lowest BCUT2D eigenvalue weighted by atomic mass is 10.1. The molecule has 0 bridgehead atoms. The van der Waals surface area contributed by atoms with Gasteiger partial charge in [-0.2, -0.15) is 0 Å². The van der Waals surface area contributed by atoms with E-state index in [-0.39, 0.29) is 38.2 Å². The second-order valence-electron chi connectivity index (χ2n) is 5.91. The Morgan fingerprint density at radius 3 is 1.35 bits per heavy atom. The van der Waals surface area contributed by atoms with Gasteiger partial charge in [-0.05, 0) is 26.7 Å². The molecular formula is C18H36N2O6. The number of aliphatic hydroxyl groups is 2. The maximum atomic E-state index is 11.9. The minimum absolute atomic E-state index is 0.0471. The SMILES string of the molecule is CCN(OCCO)C(=O)CCCCCCCCC(=O)N(CC)OCCO. The third-order valence-corrected chi connectivity index (χ3v) is 3.84. The van der Waals surface area contributed by atoms with Crippen LogP contribution in [0, 0.1) is 0 Å². The van der Waals surface area contributed by atoms with Gasteiger partial charge in [0.25, 0.3) is 0 Å². The van der Waals surface area contributed by atoms with E-state index in [0.29, 0.717) is 25.9 Å². The number of hydrogen-bond acceptors (Lipinski definition) is 6. The highest BCUT2D eigenvalue weighted by molar-refractivity contribution is 5.75. The van der Waals surface area contributed by atoms with Gasteiger partial charge in [-0.3, -0.25) is 19.3 Å². The summed E-state index contributed by atoms with van der Waals surface area (Å²) in [4.78, 5) is 34.1. The number of carbonyl (C=O) groups excluding carboxylic acids is 2. The van der Waals surface area contributed by atoms with Crippen LogP contribution in [0.15, 0.2) is 0 Å². The number of rotatable bonds is 17. The van der Waals surface area contributed by atoms with Crippen molar-refractivity contribution in [1.82, 2.24) is 10.1 Å². The van der Waals surface area contributed by atoms with Gasteiger partial charge in [0, 0.05) is 25.9 Å². The summed E-state index contributed by atoms with van der Waals surface area (Å²) >= 11 is 0. The normalized spacial score (nSPS) is 10.8. The fraction of sp³-hybridized carbons (Fsp3) is 0.889. The number of nitrogens with zero attached hydrogens (tertiary/aromatic N) is 2. The molecular weight excluding hydrogens is 340 g/mol. The Morgan fingerprint density at radius 1 is 0.692 bits per heavy atom. The van der Waals surface area contributed by atoms with Crippen LogP contribution in [-0.4, -0.2) is 71.7 Å². The molecule has 8 nitrogen and oxygen atoms in total. The zero-order valence-corrected chi connectivity index (χ0v) is 16.3. The van der Waals surface area contributed by atoms with Crippen LogP contribution in [0.2, 0.25) is 0 Å². The van der Waals surface area contributed by atoms with Crippen molar-refractivity contribution in [2.45, 2.75) is 65.2 Å². The quantitative estimate of drug-likeness (QED) is 0.296. The molecule has 0 atom stereocenters. The van der Waals surface area contributed by atoms with Crippen LogP contribution >= 0.6 is 0 Å². The lowest BCUT2D eigenvalue weighted by Crippen LogP contribution is -2.31. The fourth-order valence-corrected chi connectivity index (χ4v) is 2.49. The average molecular weight is 376 g/mol. The molecule has 0 aliphatic carbocycles. The standard InChI is InChI=1S/C18H36N2O6/c1-3-19(25-15-13-21)17(23)11-9-7-5-6-8-10-12-18(24)20(4-2)26-16-14-22/h21-22H,3-16H2,1-2H3. The topological polar surface area (TPSA) is 99.5 Å². The molecule has 0 rings (SSSR count). The number of carbonyl (C=O) groups is 2. The van der Waals surface area contributed by atoms with Crippen LogP contribution < -0.4 is 0 Å². The fourth-order valence-electron chi connectivity index (χ4n) is 2.49. The van der Waals surface area contributed by atoms with Crippen molar-refractivity contribution in [3.63, 3.8) is 0 Å². The van der Waals surface area contributed by atoms with Crippen molar-refractivity contribution < 1.29 is 29.5 Å². The summed E-state index contributed by atoms with van der Waals surface area (Å²) in [7, 11) is 0. The summed E-state index contributed by atoms with van der Waals surface area (Å²) in [6, 6.07) is 0. The summed E-state index contributed by atoms with van der Waals surface area (Å²) in [6.45, 7) is 4.70. The first kappa shape index (κ1) is 24.8. The molecule has 0 unspecified atom stereocenters. The molecule has 0 saturated heterocycles. The van der Waals surface area contributed by atoms with E-state index >= 15 is 0 Å². The first-order chi connectivity index (χ1) is 12.6. The van der Waals surface area contributed by atoms with Crippen molar-refractivity contribution in [3.05, 3.63) is 0 Å². The van der Waals surface area contributed by atoms with Crippen LogP contribution in [0.3, 0.4) is 0 Å². The Labute approximate surface area is 157 Å². The van der Waals surface area contributed by atoms with E-state index in [1.165, 1.54) is 10.1 Å². The lowest BCUT2D eigenvalue weighted by Gasteiger charge is -2.19. The third kappa shape index (κ3) is 12.2. The molecule has 0 aromatic heterocycles. The van der Waals surface area contributed by atoms with E-state index in [1.54, 1.807) is 0 Å². The second-order valence-corrected chi connectivity index (χ2v) is 5.91. The molecule has 154 valence electrons. The maximum Gasteiger partial charge on any atom is 0.246 e. The zero-order valence-electron chi connectivity index (χ0n) is 16.3. The van der Waals surface area contributed by atoms with E-state index in [9.17, 15) is 9.59 Å². The monoisotopic (exact) mass is 376 g/mol. The molecule has 0 heterocycles. The summed E-state index contributed by atoms with van der Waals surface area (Å²) in [6.07, 6.45) is 6.53. The summed E-state index contributed by atoms with van der Waals surface area (Å²) in [5.74, 6) is -0.0943. The molecule has 0 saturated carbocycles. The van der Waals surface area contributed by atoms with Crippen LogP contribution in [0.1, 0.15) is 65.2 Å². The highest BCUT2D eigenvalue weighted by Gasteiger charge is 2.12. The molecule has 0 aliphatic rings. The van der Waals surface area contributed by atoms with Gasteiger partial charge in [-0.15, -0.1) is 0 Å². The number of unbranched alkanes of at least 4 members (excludes halogenated alkanes) is 5. The van der Waals surface area contributed by atoms with Crippen molar-refractivity contribution in [3.8, 4) is 0 Å². The van der Waals surface area contributed by atoms with E-state index < -0.39 is 0 Å². The van der Waals surface area contributed by atoms with Gasteiger partial charge >= 0.3 is 0 Å². The van der Waals surface area contributed by atoms with Gasteiger partial charge < -0.3 is 10.2 Å². The Kier molecular flexibility index (Phi) is 16.4. The first-order valence-corrected chi connectivity index (χ1v) is 9.68. The van der Waals surface area contributed by atoms with Gasteiger partial charge in [0.05, 0.1) is 26.4 Å². The third-order valence-electron chi connectivity index (χ3n) is 3.84. The summed E-state index contributed by atoms with van der Waals surface area (Å²) < 4.78 is 0. The molecule has 0 aliphatic heterocycles. The van der Waals surface area contributed by atoms with Crippen molar-refractivity contribution >= 4 is 11.8 Å². The highest BCUT2D eigenvalue weighted by atomic mass is 16.7. The molecule has 0 aromatic rings. The molecule has 26 heavy (non-hydrogen) atoms. The molecule has 0 aromatic carbocycles. The smallest absolute Gasteiger partial charge is 0.246 e. The molecule has 8 heteroatoms. The molecule has 0 spiro atoms. The Morgan fingerprint density at radius 2 is 1.04 bits per heavy atom. The van der Waals surface area contributed by atoms with Gasteiger partial charge in [-0.25, -0.2) is 10.1 Å². The van der Waals surface area contributed by atoms with E-state index in [2.05, 4.69) is 0 Å². The predicted molar refractivity (Wildman–Crippen MR) is 97.8 cm³/mol. The van der Waals surface area contributed by atoms with Crippen molar-refractivity contribution in [2.75, 3.05) is 39.5 Å². The number of amides is 2. The maximum absolute atomic E-state index is 11.9. The van der Waals surface area contributed by atoms with Gasteiger partial charge in [0.2, 0.25) is 11.8 Å². The van der Waals surface area contributed by atoms with Crippen molar-refractivity contribution in [1.29, 1.82) is 0 Å². The van der Waals surface area contributed by atoms with E-state index in [1.807, 2.05) is 13.8 Å². The molecule has 0 radical (unpaired) electrons. The largest absolute Gasteiger partial charge is 0.394 e.